The Morgan fingerprint density at radius 2 is 2.25 bits per heavy atom. The first kappa shape index (κ1) is 11.6. The summed E-state index contributed by atoms with van der Waals surface area (Å²) in [5, 5.41) is 0. The molecule has 2 rings (SSSR count). The number of hydrogen-bond donors (Lipinski definition) is 0. The number of pyridine rings is 1. The zero-order chi connectivity index (χ0) is 11.7. The molecule has 1 unspecified atom stereocenters. The monoisotopic (exact) mass is 220 g/mol. The minimum Gasteiger partial charge on any atom is -0.375 e. The minimum absolute atomic E-state index is 0.0810. The van der Waals surface area contributed by atoms with Gasteiger partial charge in [-0.25, -0.2) is 0 Å². The first-order valence-electron chi connectivity index (χ1n) is 5.82. The van der Waals surface area contributed by atoms with Gasteiger partial charge >= 0.3 is 0 Å². The number of likely N-dealkylation sites (N-methyl/N-ethyl adjacent to an activating group) is 1. The molecule has 0 fully saturated rings. The summed E-state index contributed by atoms with van der Waals surface area (Å²) in [5.41, 5.74) is 4.95. The highest BCUT2D eigenvalue weighted by Crippen LogP contribution is 2.24. The Morgan fingerprint density at radius 1 is 1.50 bits per heavy atom. The van der Waals surface area contributed by atoms with Crippen LogP contribution in [0.5, 0.6) is 0 Å². The highest BCUT2D eigenvalue weighted by molar-refractivity contribution is 5.32. The van der Waals surface area contributed by atoms with Crippen LogP contribution in [0.1, 0.15) is 35.5 Å². The number of nitrogens with zero attached hydrogens (tertiary/aromatic N) is 2. The van der Waals surface area contributed by atoms with Gasteiger partial charge < -0.3 is 9.64 Å². The van der Waals surface area contributed by atoms with Crippen LogP contribution in [-0.2, 0) is 17.7 Å². The van der Waals surface area contributed by atoms with E-state index in [1.165, 1.54) is 16.8 Å². The first-order valence-corrected chi connectivity index (χ1v) is 5.82. The highest BCUT2D eigenvalue weighted by atomic mass is 16.5. The molecule has 1 atom stereocenters. The second-order valence-electron chi connectivity index (χ2n) is 4.66. The number of methoxy groups -OCH3 is 1. The van der Waals surface area contributed by atoms with Crippen LogP contribution < -0.4 is 0 Å². The van der Waals surface area contributed by atoms with Crippen LogP contribution in [-0.4, -0.2) is 30.6 Å². The van der Waals surface area contributed by atoms with Crippen molar-refractivity contribution in [3.05, 3.63) is 28.6 Å². The van der Waals surface area contributed by atoms with Gasteiger partial charge in [-0.3, -0.25) is 4.98 Å². The van der Waals surface area contributed by atoms with Crippen molar-refractivity contribution in [2.45, 2.75) is 32.9 Å². The fourth-order valence-corrected chi connectivity index (χ4v) is 2.25. The van der Waals surface area contributed by atoms with E-state index in [0.717, 1.165) is 25.2 Å². The molecule has 0 aliphatic carbocycles. The van der Waals surface area contributed by atoms with E-state index in [-0.39, 0.29) is 6.10 Å². The smallest absolute Gasteiger partial charge is 0.0965 e. The maximum Gasteiger partial charge on any atom is 0.0965 e. The van der Waals surface area contributed by atoms with Gasteiger partial charge in [0, 0.05) is 20.2 Å². The second-order valence-corrected chi connectivity index (χ2v) is 4.66. The predicted molar refractivity (Wildman–Crippen MR) is 64.4 cm³/mol. The lowest BCUT2D eigenvalue weighted by Crippen LogP contribution is -2.28. The van der Waals surface area contributed by atoms with Gasteiger partial charge in [0.1, 0.15) is 0 Å². The number of ether oxygens (including phenoxy) is 1. The van der Waals surface area contributed by atoms with Gasteiger partial charge in [-0.15, -0.1) is 0 Å². The summed E-state index contributed by atoms with van der Waals surface area (Å²) in [6.07, 6.45) is 1.19. The van der Waals surface area contributed by atoms with E-state index < -0.39 is 0 Å². The average molecular weight is 220 g/mol. The van der Waals surface area contributed by atoms with Gasteiger partial charge in [0.2, 0.25) is 0 Å². The second kappa shape index (κ2) is 4.52. The Hall–Kier alpha value is -0.930. The number of aromatic nitrogens is 1. The number of fused-ring (bicyclic) bond motifs is 1. The van der Waals surface area contributed by atoms with Crippen molar-refractivity contribution < 1.29 is 4.74 Å². The molecule has 1 aromatic rings. The van der Waals surface area contributed by atoms with Crippen molar-refractivity contribution in [2.75, 3.05) is 20.7 Å². The molecule has 16 heavy (non-hydrogen) atoms. The van der Waals surface area contributed by atoms with Crippen LogP contribution in [0, 0.1) is 6.92 Å². The topological polar surface area (TPSA) is 25.4 Å². The molecule has 3 heteroatoms. The fourth-order valence-electron chi connectivity index (χ4n) is 2.25. The quantitative estimate of drug-likeness (QED) is 0.763. The summed E-state index contributed by atoms with van der Waals surface area (Å²) < 4.78 is 5.36. The molecular weight excluding hydrogens is 200 g/mol. The third-order valence-electron chi connectivity index (χ3n) is 3.34. The molecule has 88 valence electrons. The van der Waals surface area contributed by atoms with Gasteiger partial charge in [0.25, 0.3) is 0 Å². The Bertz CT molecular complexity index is 390. The zero-order valence-corrected chi connectivity index (χ0v) is 10.6. The molecule has 0 amide bonds. The molecular formula is C13H20N2O. The number of hydrogen-bond acceptors (Lipinski definition) is 3. The molecule has 0 saturated carbocycles. The third-order valence-corrected chi connectivity index (χ3v) is 3.34. The summed E-state index contributed by atoms with van der Waals surface area (Å²) >= 11 is 0. The summed E-state index contributed by atoms with van der Waals surface area (Å²) in [6, 6.07) is 2.28. The molecule has 2 heterocycles. The van der Waals surface area contributed by atoms with Crippen LogP contribution in [0.2, 0.25) is 0 Å². The Labute approximate surface area is 97.4 Å². The van der Waals surface area contributed by atoms with E-state index in [1.54, 1.807) is 7.11 Å². The molecule has 0 saturated heterocycles. The van der Waals surface area contributed by atoms with Gasteiger partial charge in [0.15, 0.2) is 0 Å². The standard InChI is InChI=1S/C13H20N2O/c1-9-7-11-5-6-15(3)8-12(11)14-13(9)10(2)16-4/h7,10H,5-6,8H2,1-4H3. The van der Waals surface area contributed by atoms with Crippen LogP contribution in [0.4, 0.5) is 0 Å². The van der Waals surface area contributed by atoms with Gasteiger partial charge in [-0.1, -0.05) is 6.07 Å². The molecule has 0 spiro atoms. The third kappa shape index (κ3) is 2.11. The predicted octanol–water partition coefficient (Wildman–Crippen LogP) is 2.09. The van der Waals surface area contributed by atoms with E-state index in [2.05, 4.69) is 24.9 Å². The largest absolute Gasteiger partial charge is 0.375 e. The maximum atomic E-state index is 5.36. The van der Waals surface area contributed by atoms with E-state index >= 15 is 0 Å². The van der Waals surface area contributed by atoms with Crippen molar-refractivity contribution in [3.63, 3.8) is 0 Å². The molecule has 1 aromatic heterocycles. The lowest BCUT2D eigenvalue weighted by atomic mass is 10.0. The average Bonchev–Trinajstić information content (AvgIpc) is 2.28. The summed E-state index contributed by atoms with van der Waals surface area (Å²) in [4.78, 5) is 7.08. The molecule has 0 radical (unpaired) electrons. The van der Waals surface area contributed by atoms with Crippen LogP contribution in [0.3, 0.4) is 0 Å². The van der Waals surface area contributed by atoms with E-state index in [4.69, 9.17) is 9.72 Å². The first-order chi connectivity index (χ1) is 7.61. The van der Waals surface area contributed by atoms with Crippen LogP contribution in [0.25, 0.3) is 0 Å². The van der Waals surface area contributed by atoms with Crippen molar-refractivity contribution in [2.24, 2.45) is 0 Å². The normalized spacial score (nSPS) is 18.2. The molecule has 1 aliphatic heterocycles. The van der Waals surface area contributed by atoms with Crippen molar-refractivity contribution in [1.82, 2.24) is 9.88 Å². The lowest BCUT2D eigenvalue weighted by Gasteiger charge is -2.26. The van der Waals surface area contributed by atoms with Crippen LogP contribution in [0.15, 0.2) is 6.07 Å². The Morgan fingerprint density at radius 3 is 2.94 bits per heavy atom. The summed E-state index contributed by atoms with van der Waals surface area (Å²) in [7, 11) is 3.88. The number of aryl methyl sites for hydroxylation is 1. The van der Waals surface area contributed by atoms with Gasteiger partial charge in [-0.2, -0.15) is 0 Å². The van der Waals surface area contributed by atoms with E-state index in [1.807, 2.05) is 6.92 Å². The summed E-state index contributed by atoms with van der Waals surface area (Å²) in [5.74, 6) is 0. The zero-order valence-electron chi connectivity index (χ0n) is 10.6. The Kier molecular flexibility index (Phi) is 3.26. The van der Waals surface area contributed by atoms with Crippen molar-refractivity contribution in [3.8, 4) is 0 Å². The fraction of sp³-hybridized carbons (Fsp3) is 0.615. The molecule has 0 N–H and O–H groups in total. The maximum absolute atomic E-state index is 5.36. The molecule has 0 bridgehead atoms. The SMILES string of the molecule is COC(C)c1nc2c(cc1C)CCN(C)C2. The Balaban J connectivity index is 2.39. The molecule has 0 aromatic carbocycles. The highest BCUT2D eigenvalue weighted by Gasteiger charge is 2.18. The van der Waals surface area contributed by atoms with Crippen molar-refractivity contribution >= 4 is 0 Å². The summed E-state index contributed by atoms with van der Waals surface area (Å²) in [6.45, 7) is 6.26. The molecule has 3 nitrogen and oxygen atoms in total. The molecule has 1 aliphatic rings. The van der Waals surface area contributed by atoms with Gasteiger partial charge in [0.05, 0.1) is 17.5 Å². The van der Waals surface area contributed by atoms with E-state index in [0.29, 0.717) is 0 Å². The van der Waals surface area contributed by atoms with Crippen LogP contribution >= 0.6 is 0 Å². The minimum atomic E-state index is 0.0810. The lowest BCUT2D eigenvalue weighted by molar-refractivity contribution is 0.115. The number of rotatable bonds is 2. The van der Waals surface area contributed by atoms with E-state index in [9.17, 15) is 0 Å². The van der Waals surface area contributed by atoms with Crippen molar-refractivity contribution in [1.29, 1.82) is 0 Å². The van der Waals surface area contributed by atoms with Gasteiger partial charge in [-0.05, 0) is 38.4 Å².